The number of halogens is 1. The number of carbonyl (C=O) groups is 1. The van der Waals surface area contributed by atoms with Crippen LogP contribution in [0.2, 0.25) is 5.02 Å². The number of hydrogen-bond donors (Lipinski definition) is 1. The van der Waals surface area contributed by atoms with Crippen molar-refractivity contribution >= 4 is 35.0 Å². The van der Waals surface area contributed by atoms with Crippen molar-refractivity contribution in [3.63, 3.8) is 0 Å². The summed E-state index contributed by atoms with van der Waals surface area (Å²) in [5.41, 5.74) is 1.55. The second kappa shape index (κ2) is 8.09. The third-order valence-electron chi connectivity index (χ3n) is 3.41. The maximum Gasteiger partial charge on any atom is 0.234 e. The van der Waals surface area contributed by atoms with Crippen LogP contribution in [0.3, 0.4) is 0 Å². The van der Waals surface area contributed by atoms with Crippen LogP contribution in [0.15, 0.2) is 66.1 Å². The fourth-order valence-electron chi connectivity index (χ4n) is 2.28. The van der Waals surface area contributed by atoms with Gasteiger partial charge in [0.2, 0.25) is 5.91 Å². The van der Waals surface area contributed by atoms with Crippen molar-refractivity contribution in [1.29, 1.82) is 0 Å². The summed E-state index contributed by atoms with van der Waals surface area (Å²) in [7, 11) is 1.57. The zero-order valence-corrected chi connectivity index (χ0v) is 15.1. The molecule has 0 saturated carbocycles. The van der Waals surface area contributed by atoms with Gasteiger partial charge in [-0.05, 0) is 30.3 Å². The molecular formula is C18H16ClN3O2S. The smallest absolute Gasteiger partial charge is 0.234 e. The molecule has 0 unspecified atom stereocenters. The molecule has 0 atom stereocenters. The average molecular weight is 374 g/mol. The topological polar surface area (TPSA) is 56.1 Å². The Morgan fingerprint density at radius 3 is 2.92 bits per heavy atom. The molecule has 0 aliphatic heterocycles. The Kier molecular flexibility index (Phi) is 5.63. The van der Waals surface area contributed by atoms with Gasteiger partial charge in [0.15, 0.2) is 5.16 Å². The van der Waals surface area contributed by atoms with Crippen molar-refractivity contribution in [3.8, 4) is 11.4 Å². The van der Waals surface area contributed by atoms with Crippen LogP contribution in [0.5, 0.6) is 5.75 Å². The van der Waals surface area contributed by atoms with E-state index >= 15 is 0 Å². The van der Waals surface area contributed by atoms with E-state index in [9.17, 15) is 4.79 Å². The van der Waals surface area contributed by atoms with E-state index in [0.29, 0.717) is 16.5 Å². The minimum atomic E-state index is -0.129. The van der Waals surface area contributed by atoms with Gasteiger partial charge in [0.05, 0.1) is 18.6 Å². The molecule has 7 heteroatoms. The first-order valence-electron chi connectivity index (χ1n) is 7.52. The largest absolute Gasteiger partial charge is 0.495 e. The minimum absolute atomic E-state index is 0.129. The highest BCUT2D eigenvalue weighted by atomic mass is 35.5. The number of benzene rings is 2. The minimum Gasteiger partial charge on any atom is -0.495 e. The van der Waals surface area contributed by atoms with Crippen LogP contribution in [0.25, 0.3) is 5.69 Å². The standard InChI is InChI=1S/C18H16ClN3O2S/c1-24-16-8-3-2-7-15(16)21-17(23)12-25-18-20-9-10-22(18)14-6-4-5-13(19)11-14/h2-11H,12H2,1H3,(H,21,23). The third kappa shape index (κ3) is 4.35. The highest BCUT2D eigenvalue weighted by Gasteiger charge is 2.11. The molecule has 1 aromatic heterocycles. The zero-order valence-electron chi connectivity index (χ0n) is 13.5. The lowest BCUT2D eigenvalue weighted by Crippen LogP contribution is -2.15. The summed E-state index contributed by atoms with van der Waals surface area (Å²) in [6.45, 7) is 0. The van der Waals surface area contributed by atoms with Crippen molar-refractivity contribution in [3.05, 3.63) is 65.9 Å². The van der Waals surface area contributed by atoms with Gasteiger partial charge in [-0.3, -0.25) is 9.36 Å². The highest BCUT2D eigenvalue weighted by Crippen LogP contribution is 2.25. The molecule has 0 aliphatic carbocycles. The van der Waals surface area contributed by atoms with Crippen LogP contribution in [0.1, 0.15) is 0 Å². The monoisotopic (exact) mass is 373 g/mol. The Morgan fingerprint density at radius 1 is 1.28 bits per heavy atom. The number of imidazole rings is 1. The van der Waals surface area contributed by atoms with Gasteiger partial charge in [-0.1, -0.05) is 41.6 Å². The first-order valence-corrected chi connectivity index (χ1v) is 8.88. The van der Waals surface area contributed by atoms with Crippen molar-refractivity contribution in [1.82, 2.24) is 9.55 Å². The van der Waals surface area contributed by atoms with Crippen LogP contribution >= 0.6 is 23.4 Å². The molecule has 0 fully saturated rings. The summed E-state index contributed by atoms with van der Waals surface area (Å²) in [4.78, 5) is 16.5. The number of ether oxygens (including phenoxy) is 1. The van der Waals surface area contributed by atoms with Gasteiger partial charge in [0.1, 0.15) is 5.75 Å². The first kappa shape index (κ1) is 17.4. The summed E-state index contributed by atoms with van der Waals surface area (Å²) in [6.07, 6.45) is 3.54. The number of para-hydroxylation sites is 2. The van der Waals surface area contributed by atoms with Crippen molar-refractivity contribution in [2.24, 2.45) is 0 Å². The second-order valence-electron chi connectivity index (χ2n) is 5.10. The molecule has 0 aliphatic rings. The van der Waals surface area contributed by atoms with E-state index in [2.05, 4.69) is 10.3 Å². The van der Waals surface area contributed by atoms with Gasteiger partial charge in [0, 0.05) is 23.1 Å². The predicted molar refractivity (Wildman–Crippen MR) is 101 cm³/mol. The molecular weight excluding hydrogens is 358 g/mol. The van der Waals surface area contributed by atoms with Crippen molar-refractivity contribution in [2.75, 3.05) is 18.2 Å². The lowest BCUT2D eigenvalue weighted by Gasteiger charge is -2.10. The molecule has 1 amide bonds. The van der Waals surface area contributed by atoms with E-state index < -0.39 is 0 Å². The number of thioether (sulfide) groups is 1. The number of rotatable bonds is 6. The van der Waals surface area contributed by atoms with Crippen molar-refractivity contribution in [2.45, 2.75) is 5.16 Å². The zero-order chi connectivity index (χ0) is 17.6. The number of nitrogens with zero attached hydrogens (tertiary/aromatic N) is 2. The second-order valence-corrected chi connectivity index (χ2v) is 6.48. The maximum absolute atomic E-state index is 12.2. The SMILES string of the molecule is COc1ccccc1NC(=O)CSc1nccn1-c1cccc(Cl)c1. The summed E-state index contributed by atoms with van der Waals surface area (Å²) in [5.74, 6) is 0.728. The molecule has 0 bridgehead atoms. The first-order chi connectivity index (χ1) is 12.2. The lowest BCUT2D eigenvalue weighted by atomic mass is 10.3. The number of nitrogens with one attached hydrogen (secondary N) is 1. The van der Waals surface area contributed by atoms with Gasteiger partial charge in [-0.2, -0.15) is 0 Å². The quantitative estimate of drug-likeness (QED) is 0.656. The molecule has 25 heavy (non-hydrogen) atoms. The Hall–Kier alpha value is -2.44. The van der Waals surface area contributed by atoms with Crippen LogP contribution in [0, 0.1) is 0 Å². The van der Waals surface area contributed by atoms with E-state index in [1.54, 1.807) is 25.4 Å². The number of amides is 1. The molecule has 3 aromatic rings. The Morgan fingerprint density at radius 2 is 2.12 bits per heavy atom. The summed E-state index contributed by atoms with van der Waals surface area (Å²) in [5, 5.41) is 4.22. The molecule has 1 N–H and O–H groups in total. The summed E-state index contributed by atoms with van der Waals surface area (Å²) in [6, 6.07) is 14.8. The van der Waals surface area contributed by atoms with Crippen LogP contribution in [-0.4, -0.2) is 28.3 Å². The Bertz CT molecular complexity index is 882. The number of hydrogen-bond acceptors (Lipinski definition) is 4. The molecule has 0 radical (unpaired) electrons. The molecule has 3 rings (SSSR count). The fraction of sp³-hybridized carbons (Fsp3) is 0.111. The summed E-state index contributed by atoms with van der Waals surface area (Å²) >= 11 is 7.40. The third-order valence-corrected chi connectivity index (χ3v) is 4.61. The number of methoxy groups -OCH3 is 1. The Labute approximate surface area is 155 Å². The lowest BCUT2D eigenvalue weighted by molar-refractivity contribution is -0.113. The van der Waals surface area contributed by atoms with Crippen LogP contribution in [-0.2, 0) is 4.79 Å². The van der Waals surface area contributed by atoms with E-state index in [1.165, 1.54) is 11.8 Å². The molecule has 0 saturated heterocycles. The molecule has 5 nitrogen and oxygen atoms in total. The normalized spacial score (nSPS) is 10.5. The van der Waals surface area contributed by atoms with E-state index in [-0.39, 0.29) is 11.7 Å². The van der Waals surface area contributed by atoms with E-state index in [4.69, 9.17) is 16.3 Å². The van der Waals surface area contributed by atoms with Gasteiger partial charge < -0.3 is 10.1 Å². The van der Waals surface area contributed by atoms with Crippen molar-refractivity contribution < 1.29 is 9.53 Å². The molecule has 1 heterocycles. The summed E-state index contributed by atoms with van der Waals surface area (Å²) < 4.78 is 7.13. The van der Waals surface area contributed by atoms with E-state index in [0.717, 1.165) is 10.8 Å². The Balaban J connectivity index is 1.66. The number of anilines is 1. The highest BCUT2D eigenvalue weighted by molar-refractivity contribution is 7.99. The predicted octanol–water partition coefficient (Wildman–Crippen LogP) is 4.27. The molecule has 0 spiro atoms. The average Bonchev–Trinajstić information content (AvgIpc) is 3.09. The fourth-order valence-corrected chi connectivity index (χ4v) is 3.24. The van der Waals surface area contributed by atoms with Gasteiger partial charge in [-0.25, -0.2) is 4.98 Å². The maximum atomic E-state index is 12.2. The molecule has 128 valence electrons. The van der Waals surface area contributed by atoms with Crippen LogP contribution in [0.4, 0.5) is 5.69 Å². The van der Waals surface area contributed by atoms with Gasteiger partial charge in [-0.15, -0.1) is 0 Å². The van der Waals surface area contributed by atoms with Crippen LogP contribution < -0.4 is 10.1 Å². The van der Waals surface area contributed by atoms with Gasteiger partial charge >= 0.3 is 0 Å². The molecule has 2 aromatic carbocycles. The van der Waals surface area contributed by atoms with Gasteiger partial charge in [0.25, 0.3) is 0 Å². The van der Waals surface area contributed by atoms with E-state index in [1.807, 2.05) is 47.2 Å². The number of aromatic nitrogens is 2. The number of carbonyl (C=O) groups excluding carboxylic acids is 1.